The van der Waals surface area contributed by atoms with Crippen molar-refractivity contribution in [1.29, 1.82) is 0 Å². The van der Waals surface area contributed by atoms with Crippen LogP contribution in [0.4, 0.5) is 5.69 Å². The molecule has 0 unspecified atom stereocenters. The molecular weight excluding hydrogens is 307 g/mol. The summed E-state index contributed by atoms with van der Waals surface area (Å²) >= 11 is 12.1. The van der Waals surface area contributed by atoms with Gasteiger partial charge in [0.15, 0.2) is 0 Å². The summed E-state index contributed by atoms with van der Waals surface area (Å²) in [6, 6.07) is 7.16. The van der Waals surface area contributed by atoms with E-state index in [1.807, 2.05) is 6.07 Å². The van der Waals surface area contributed by atoms with Crippen LogP contribution >= 0.6 is 23.2 Å². The van der Waals surface area contributed by atoms with E-state index in [4.69, 9.17) is 23.2 Å². The second-order valence-electron chi connectivity index (χ2n) is 5.07. The molecule has 5 heteroatoms. The Labute approximate surface area is 133 Å². The molecule has 0 radical (unpaired) electrons. The molecule has 3 nitrogen and oxygen atoms in total. The molecule has 1 aliphatic rings. The van der Waals surface area contributed by atoms with E-state index in [2.05, 4.69) is 4.98 Å². The minimum absolute atomic E-state index is 0.0214. The van der Waals surface area contributed by atoms with E-state index in [0.29, 0.717) is 10.0 Å². The van der Waals surface area contributed by atoms with Gasteiger partial charge >= 0.3 is 0 Å². The zero-order valence-corrected chi connectivity index (χ0v) is 12.9. The zero-order valence-electron chi connectivity index (χ0n) is 11.4. The molecule has 0 bridgehead atoms. The number of aromatic nitrogens is 1. The van der Waals surface area contributed by atoms with Gasteiger partial charge in [0.1, 0.15) is 0 Å². The van der Waals surface area contributed by atoms with Crippen molar-refractivity contribution in [3.05, 3.63) is 57.8 Å². The first-order chi connectivity index (χ1) is 10.1. The quantitative estimate of drug-likeness (QED) is 0.840. The summed E-state index contributed by atoms with van der Waals surface area (Å²) < 4.78 is 0. The van der Waals surface area contributed by atoms with Crippen molar-refractivity contribution in [2.75, 3.05) is 11.4 Å². The lowest BCUT2D eigenvalue weighted by molar-refractivity contribution is -0.118. The average Bonchev–Trinajstić information content (AvgIpc) is 2.50. The van der Waals surface area contributed by atoms with E-state index in [0.717, 1.165) is 30.6 Å². The first-order valence-electron chi connectivity index (χ1n) is 6.82. The van der Waals surface area contributed by atoms with E-state index in [9.17, 15) is 4.79 Å². The van der Waals surface area contributed by atoms with Gasteiger partial charge in [-0.3, -0.25) is 9.78 Å². The first-order valence-corrected chi connectivity index (χ1v) is 7.58. The third-order valence-corrected chi connectivity index (χ3v) is 4.26. The number of amides is 1. The van der Waals surface area contributed by atoms with Crippen molar-refractivity contribution in [2.45, 2.75) is 19.3 Å². The fourth-order valence-corrected chi connectivity index (χ4v) is 2.99. The van der Waals surface area contributed by atoms with Crippen LogP contribution in [0.1, 0.15) is 17.5 Å². The molecule has 2 aromatic rings. The number of carbonyl (C=O) groups excluding carboxylic acids is 1. The molecule has 1 aliphatic heterocycles. The van der Waals surface area contributed by atoms with Crippen molar-refractivity contribution in [2.24, 2.45) is 0 Å². The van der Waals surface area contributed by atoms with Crippen molar-refractivity contribution >= 4 is 34.8 Å². The number of hydrogen-bond acceptors (Lipinski definition) is 2. The maximum Gasteiger partial charge on any atom is 0.231 e. The van der Waals surface area contributed by atoms with E-state index >= 15 is 0 Å². The lowest BCUT2D eigenvalue weighted by atomic mass is 10.0. The number of aryl methyl sites for hydroxylation is 1. The number of halogens is 2. The van der Waals surface area contributed by atoms with Crippen molar-refractivity contribution in [3.8, 4) is 0 Å². The van der Waals surface area contributed by atoms with Crippen molar-refractivity contribution in [1.82, 2.24) is 4.98 Å². The molecule has 0 N–H and O–H groups in total. The molecule has 1 aromatic carbocycles. The average molecular weight is 321 g/mol. The highest BCUT2D eigenvalue weighted by Crippen LogP contribution is 2.27. The van der Waals surface area contributed by atoms with Crippen molar-refractivity contribution < 1.29 is 4.79 Å². The molecule has 0 atom stereocenters. The number of pyridine rings is 1. The smallest absolute Gasteiger partial charge is 0.231 e. The Morgan fingerprint density at radius 2 is 2.14 bits per heavy atom. The van der Waals surface area contributed by atoms with E-state index in [1.165, 1.54) is 5.56 Å². The summed E-state index contributed by atoms with van der Waals surface area (Å²) in [6.45, 7) is 0.718. The van der Waals surface area contributed by atoms with Crippen LogP contribution in [-0.2, 0) is 17.6 Å². The Kier molecular flexibility index (Phi) is 4.13. The molecule has 1 amide bonds. The second kappa shape index (κ2) is 6.04. The molecule has 0 spiro atoms. The van der Waals surface area contributed by atoms with Gasteiger partial charge in [-0.25, -0.2) is 0 Å². The maximum absolute atomic E-state index is 12.6. The monoisotopic (exact) mass is 320 g/mol. The number of rotatable bonds is 2. The van der Waals surface area contributed by atoms with Crippen LogP contribution < -0.4 is 4.90 Å². The standard InChI is InChI=1S/C16H14Cl2N2O/c17-13-3-4-14(18)12(8-13)9-16(21)20-7-1-2-11-5-6-19-10-15(11)20/h3-6,8,10H,1-2,7,9H2. The van der Waals surface area contributed by atoms with Gasteiger partial charge in [0.05, 0.1) is 18.3 Å². The van der Waals surface area contributed by atoms with Crippen LogP contribution in [0.2, 0.25) is 10.0 Å². The summed E-state index contributed by atoms with van der Waals surface area (Å²) in [5.41, 5.74) is 2.83. The minimum Gasteiger partial charge on any atom is -0.310 e. The van der Waals surface area contributed by atoms with Gasteiger partial charge in [-0.1, -0.05) is 23.2 Å². The molecule has 0 saturated heterocycles. The van der Waals surface area contributed by atoms with Crippen LogP contribution in [0.15, 0.2) is 36.7 Å². The molecule has 0 aliphatic carbocycles. The van der Waals surface area contributed by atoms with Gasteiger partial charge < -0.3 is 4.90 Å². The molecule has 108 valence electrons. The predicted molar refractivity (Wildman–Crippen MR) is 85.1 cm³/mol. The number of nitrogens with zero attached hydrogens (tertiary/aromatic N) is 2. The van der Waals surface area contributed by atoms with Gasteiger partial charge in [-0.05, 0) is 48.2 Å². The Morgan fingerprint density at radius 3 is 3.00 bits per heavy atom. The van der Waals surface area contributed by atoms with Gasteiger partial charge in [-0.15, -0.1) is 0 Å². The Bertz CT molecular complexity index is 688. The number of benzene rings is 1. The van der Waals surface area contributed by atoms with Crippen LogP contribution in [-0.4, -0.2) is 17.4 Å². The third-order valence-electron chi connectivity index (χ3n) is 3.66. The molecule has 0 fully saturated rings. The fraction of sp³-hybridized carbons (Fsp3) is 0.250. The highest BCUT2D eigenvalue weighted by molar-refractivity contribution is 6.33. The van der Waals surface area contributed by atoms with E-state index < -0.39 is 0 Å². The molecule has 1 aromatic heterocycles. The SMILES string of the molecule is O=C(Cc1cc(Cl)ccc1Cl)N1CCCc2ccncc21. The fourth-order valence-electron chi connectivity index (χ4n) is 2.61. The Balaban J connectivity index is 1.85. The normalized spacial score (nSPS) is 13.9. The van der Waals surface area contributed by atoms with Gasteiger partial charge in [0, 0.05) is 22.8 Å². The summed E-state index contributed by atoms with van der Waals surface area (Å²) in [5.74, 6) is 0.0214. The van der Waals surface area contributed by atoms with Crippen molar-refractivity contribution in [3.63, 3.8) is 0 Å². The Hall–Kier alpha value is -1.58. The van der Waals surface area contributed by atoms with Crippen LogP contribution in [0.3, 0.4) is 0 Å². The summed E-state index contributed by atoms with van der Waals surface area (Å²) in [5, 5.41) is 1.15. The number of carbonyl (C=O) groups is 1. The van der Waals surface area contributed by atoms with Gasteiger partial charge in [0.2, 0.25) is 5.91 Å². The number of anilines is 1. The predicted octanol–water partition coefficient (Wildman–Crippen LogP) is 3.91. The van der Waals surface area contributed by atoms with E-state index in [1.54, 1.807) is 35.5 Å². The van der Waals surface area contributed by atoms with Crippen LogP contribution in [0.25, 0.3) is 0 Å². The molecular formula is C16H14Cl2N2O. The molecule has 0 saturated carbocycles. The number of hydrogen-bond donors (Lipinski definition) is 0. The third kappa shape index (κ3) is 3.04. The molecule has 21 heavy (non-hydrogen) atoms. The van der Waals surface area contributed by atoms with Crippen LogP contribution in [0.5, 0.6) is 0 Å². The van der Waals surface area contributed by atoms with E-state index in [-0.39, 0.29) is 12.3 Å². The van der Waals surface area contributed by atoms with Gasteiger partial charge in [-0.2, -0.15) is 0 Å². The first kappa shape index (κ1) is 14.4. The summed E-state index contributed by atoms with van der Waals surface area (Å²) in [6.07, 6.45) is 5.71. The summed E-state index contributed by atoms with van der Waals surface area (Å²) in [7, 11) is 0. The minimum atomic E-state index is 0.0214. The Morgan fingerprint density at radius 1 is 1.29 bits per heavy atom. The largest absolute Gasteiger partial charge is 0.310 e. The second-order valence-corrected chi connectivity index (χ2v) is 5.91. The molecule has 3 rings (SSSR count). The summed E-state index contributed by atoms with van der Waals surface area (Å²) in [4.78, 5) is 18.5. The highest BCUT2D eigenvalue weighted by atomic mass is 35.5. The highest BCUT2D eigenvalue weighted by Gasteiger charge is 2.23. The maximum atomic E-state index is 12.6. The zero-order chi connectivity index (χ0) is 14.8. The van der Waals surface area contributed by atoms with Crippen LogP contribution in [0, 0.1) is 0 Å². The topological polar surface area (TPSA) is 33.2 Å². The lowest BCUT2D eigenvalue weighted by Gasteiger charge is -2.29. The lowest BCUT2D eigenvalue weighted by Crippen LogP contribution is -2.36. The molecule has 2 heterocycles. The van der Waals surface area contributed by atoms with Gasteiger partial charge in [0.25, 0.3) is 0 Å². The number of fused-ring (bicyclic) bond motifs is 1.